The number of benzene rings is 1. The Hall–Kier alpha value is -2.71. The number of imidazole rings is 1. The fourth-order valence-electron chi connectivity index (χ4n) is 1.83. The highest BCUT2D eigenvalue weighted by atomic mass is 19.4. The minimum atomic E-state index is -4.77. The maximum atomic E-state index is 12.1. The molecule has 0 radical (unpaired) electrons. The van der Waals surface area contributed by atoms with Crippen LogP contribution in [0.3, 0.4) is 0 Å². The van der Waals surface area contributed by atoms with Crippen LogP contribution in [0.25, 0.3) is 0 Å². The van der Waals surface area contributed by atoms with Gasteiger partial charge in [0.2, 0.25) is 0 Å². The summed E-state index contributed by atoms with van der Waals surface area (Å²) in [7, 11) is 0. The lowest BCUT2D eigenvalue weighted by molar-refractivity contribution is -0.274. The molecule has 9 heteroatoms. The van der Waals surface area contributed by atoms with Crippen LogP contribution >= 0.6 is 0 Å². The molecule has 0 saturated carbocycles. The van der Waals surface area contributed by atoms with Crippen LogP contribution in [0.4, 0.5) is 23.7 Å². The number of carbonyl (C=O) groups excluding carboxylic acids is 1. The normalized spacial score (nSPS) is 11.1. The zero-order valence-electron chi connectivity index (χ0n) is 12.0. The summed E-state index contributed by atoms with van der Waals surface area (Å²) in [4.78, 5) is 15.6. The van der Waals surface area contributed by atoms with E-state index in [2.05, 4.69) is 20.4 Å². The number of hydrogen-bond donors (Lipinski definition) is 2. The Balaban J connectivity index is 1.75. The average Bonchev–Trinajstić information content (AvgIpc) is 2.95. The molecule has 0 aliphatic rings. The zero-order chi connectivity index (χ0) is 16.7. The Bertz CT molecular complexity index is 629. The van der Waals surface area contributed by atoms with E-state index in [1.807, 2.05) is 10.8 Å². The molecule has 0 bridgehead atoms. The molecule has 2 N–H and O–H groups in total. The molecule has 0 saturated heterocycles. The van der Waals surface area contributed by atoms with E-state index in [0.29, 0.717) is 19.5 Å². The summed E-state index contributed by atoms with van der Waals surface area (Å²) < 4.78 is 42.0. The van der Waals surface area contributed by atoms with Crippen LogP contribution in [-0.2, 0) is 6.54 Å². The first-order valence-corrected chi connectivity index (χ1v) is 6.79. The Labute approximate surface area is 130 Å². The van der Waals surface area contributed by atoms with Gasteiger partial charge in [-0.3, -0.25) is 0 Å². The quantitative estimate of drug-likeness (QED) is 0.801. The third-order valence-corrected chi connectivity index (χ3v) is 2.76. The molecule has 0 unspecified atom stereocenters. The number of ether oxygens (including phenoxy) is 1. The molecule has 0 fully saturated rings. The Morgan fingerprint density at radius 2 is 2.17 bits per heavy atom. The molecule has 124 valence electrons. The van der Waals surface area contributed by atoms with Crippen molar-refractivity contribution in [3.8, 4) is 5.75 Å². The number of aromatic nitrogens is 2. The van der Waals surface area contributed by atoms with Gasteiger partial charge in [-0.1, -0.05) is 6.07 Å². The zero-order valence-corrected chi connectivity index (χ0v) is 12.0. The van der Waals surface area contributed by atoms with Crippen molar-refractivity contribution >= 4 is 11.7 Å². The van der Waals surface area contributed by atoms with Gasteiger partial charge in [0.1, 0.15) is 5.75 Å². The number of urea groups is 1. The first kappa shape index (κ1) is 16.7. The van der Waals surface area contributed by atoms with Gasteiger partial charge in [-0.25, -0.2) is 9.78 Å². The average molecular weight is 328 g/mol. The van der Waals surface area contributed by atoms with Crippen molar-refractivity contribution in [3.63, 3.8) is 0 Å². The first-order valence-electron chi connectivity index (χ1n) is 6.79. The van der Waals surface area contributed by atoms with Crippen LogP contribution < -0.4 is 15.4 Å². The van der Waals surface area contributed by atoms with Crippen molar-refractivity contribution in [1.29, 1.82) is 0 Å². The van der Waals surface area contributed by atoms with Gasteiger partial charge in [0, 0.05) is 37.2 Å². The van der Waals surface area contributed by atoms with E-state index in [9.17, 15) is 18.0 Å². The van der Waals surface area contributed by atoms with Crippen molar-refractivity contribution in [1.82, 2.24) is 14.9 Å². The van der Waals surface area contributed by atoms with Crippen molar-refractivity contribution < 1.29 is 22.7 Å². The monoisotopic (exact) mass is 328 g/mol. The standard InChI is InChI=1S/C14H15F3N4O2/c15-14(16,17)23-12-4-1-3-11(9-12)20-13(22)19-5-2-7-21-8-6-18-10-21/h1,3-4,6,8-10H,2,5,7H2,(H2,19,20,22). The van der Waals surface area contributed by atoms with E-state index in [4.69, 9.17) is 0 Å². The van der Waals surface area contributed by atoms with E-state index in [0.717, 1.165) is 12.1 Å². The number of amides is 2. The number of alkyl halides is 3. The van der Waals surface area contributed by atoms with Crippen molar-refractivity contribution in [2.24, 2.45) is 0 Å². The summed E-state index contributed by atoms with van der Waals surface area (Å²) >= 11 is 0. The maximum Gasteiger partial charge on any atom is 0.573 e. The molecule has 1 heterocycles. The first-order chi connectivity index (χ1) is 10.9. The van der Waals surface area contributed by atoms with Gasteiger partial charge in [0.05, 0.1) is 6.33 Å². The molecule has 0 aliphatic heterocycles. The predicted molar refractivity (Wildman–Crippen MR) is 77.0 cm³/mol. The summed E-state index contributed by atoms with van der Waals surface area (Å²) in [6.45, 7) is 1.12. The number of carbonyl (C=O) groups is 1. The molecule has 1 aromatic carbocycles. The van der Waals surface area contributed by atoms with Crippen LogP contribution in [0, 0.1) is 0 Å². The van der Waals surface area contributed by atoms with Gasteiger partial charge in [0.15, 0.2) is 0 Å². The smallest absolute Gasteiger partial charge is 0.406 e. The third-order valence-electron chi connectivity index (χ3n) is 2.76. The van der Waals surface area contributed by atoms with Crippen LogP contribution in [0.15, 0.2) is 43.0 Å². The highest BCUT2D eigenvalue weighted by Crippen LogP contribution is 2.24. The van der Waals surface area contributed by atoms with E-state index < -0.39 is 18.1 Å². The van der Waals surface area contributed by atoms with E-state index in [1.54, 1.807) is 12.5 Å². The largest absolute Gasteiger partial charge is 0.573 e. The summed E-state index contributed by atoms with van der Waals surface area (Å²) in [5.41, 5.74) is 0.207. The van der Waals surface area contributed by atoms with Crippen LogP contribution in [0.1, 0.15) is 6.42 Å². The Kier molecular flexibility index (Phi) is 5.45. The van der Waals surface area contributed by atoms with E-state index in [-0.39, 0.29) is 5.69 Å². The summed E-state index contributed by atoms with van der Waals surface area (Å²) in [6, 6.07) is 4.57. The molecule has 0 spiro atoms. The molecule has 2 aromatic rings. The van der Waals surface area contributed by atoms with Crippen LogP contribution in [0.5, 0.6) is 5.75 Å². The molecule has 1 aromatic heterocycles. The van der Waals surface area contributed by atoms with Gasteiger partial charge < -0.3 is 19.9 Å². The van der Waals surface area contributed by atoms with Crippen LogP contribution in [-0.4, -0.2) is 28.5 Å². The minimum Gasteiger partial charge on any atom is -0.406 e. The van der Waals surface area contributed by atoms with Gasteiger partial charge in [-0.2, -0.15) is 0 Å². The molecular weight excluding hydrogens is 313 g/mol. The molecular formula is C14H15F3N4O2. The van der Waals surface area contributed by atoms with Gasteiger partial charge in [-0.05, 0) is 18.6 Å². The summed E-state index contributed by atoms with van der Waals surface area (Å²) in [5, 5.41) is 5.06. The number of nitrogens with one attached hydrogen (secondary N) is 2. The maximum absolute atomic E-state index is 12.1. The van der Waals surface area contributed by atoms with E-state index >= 15 is 0 Å². The lowest BCUT2D eigenvalue weighted by Crippen LogP contribution is -2.30. The topological polar surface area (TPSA) is 68.2 Å². The van der Waals surface area contributed by atoms with E-state index in [1.165, 1.54) is 12.1 Å². The molecule has 0 aliphatic carbocycles. The number of aryl methyl sites for hydroxylation is 1. The Morgan fingerprint density at radius 1 is 1.35 bits per heavy atom. The molecule has 6 nitrogen and oxygen atoms in total. The number of nitrogens with zero attached hydrogens (tertiary/aromatic N) is 2. The second kappa shape index (κ2) is 7.52. The summed E-state index contributed by atoms with van der Waals surface area (Å²) in [6.07, 6.45) is 1.07. The second-order valence-electron chi connectivity index (χ2n) is 4.61. The number of anilines is 1. The molecule has 23 heavy (non-hydrogen) atoms. The number of rotatable bonds is 6. The molecule has 2 rings (SSSR count). The third kappa shape index (κ3) is 6.29. The molecule has 0 atom stereocenters. The predicted octanol–water partition coefficient (Wildman–Crippen LogP) is 2.99. The number of hydrogen-bond acceptors (Lipinski definition) is 3. The van der Waals surface area contributed by atoms with Gasteiger partial charge in [-0.15, -0.1) is 13.2 Å². The highest BCUT2D eigenvalue weighted by molar-refractivity contribution is 5.89. The number of halogens is 3. The lowest BCUT2D eigenvalue weighted by Gasteiger charge is -2.11. The summed E-state index contributed by atoms with van der Waals surface area (Å²) in [5.74, 6) is -0.393. The molecule has 2 amide bonds. The fraction of sp³-hybridized carbons (Fsp3) is 0.286. The van der Waals surface area contributed by atoms with Crippen molar-refractivity contribution in [3.05, 3.63) is 43.0 Å². The fourth-order valence-corrected chi connectivity index (χ4v) is 1.83. The van der Waals surface area contributed by atoms with Crippen LogP contribution in [0.2, 0.25) is 0 Å². The Morgan fingerprint density at radius 3 is 2.87 bits per heavy atom. The SMILES string of the molecule is O=C(NCCCn1ccnc1)Nc1cccc(OC(F)(F)F)c1. The van der Waals surface area contributed by atoms with Gasteiger partial charge in [0.25, 0.3) is 0 Å². The highest BCUT2D eigenvalue weighted by Gasteiger charge is 2.31. The van der Waals surface area contributed by atoms with Gasteiger partial charge >= 0.3 is 12.4 Å². The minimum absolute atomic E-state index is 0.207. The van der Waals surface area contributed by atoms with Crippen molar-refractivity contribution in [2.45, 2.75) is 19.3 Å². The van der Waals surface area contributed by atoms with Crippen molar-refractivity contribution in [2.75, 3.05) is 11.9 Å². The lowest BCUT2D eigenvalue weighted by atomic mass is 10.3. The second-order valence-corrected chi connectivity index (χ2v) is 4.61.